The van der Waals surface area contributed by atoms with Crippen molar-refractivity contribution < 1.29 is 34.2 Å². The van der Waals surface area contributed by atoms with E-state index in [0.717, 1.165) is 0 Å². The summed E-state index contributed by atoms with van der Waals surface area (Å²) in [5.74, 6) is -4.98. The minimum Gasteiger partial charge on any atom is -0.481 e. The van der Waals surface area contributed by atoms with Gasteiger partial charge in [0.2, 0.25) is 17.7 Å². The zero-order valence-electron chi connectivity index (χ0n) is 15.8. The van der Waals surface area contributed by atoms with E-state index in [1.807, 2.05) is 6.92 Å². The molecule has 0 rings (SSSR count). The summed E-state index contributed by atoms with van der Waals surface area (Å²) in [6.45, 7) is 3.26. The molecule has 4 atom stereocenters. The number of rotatable bonds is 13. The Morgan fingerprint density at radius 1 is 1.00 bits per heavy atom. The van der Waals surface area contributed by atoms with Crippen LogP contribution in [0.1, 0.15) is 33.1 Å². The van der Waals surface area contributed by atoms with E-state index in [1.54, 1.807) is 6.92 Å². The average Bonchev–Trinajstić information content (AvgIpc) is 2.65. The molecule has 4 unspecified atom stereocenters. The van der Waals surface area contributed by atoms with Gasteiger partial charge in [-0.3, -0.25) is 19.2 Å². The second-order valence-electron chi connectivity index (χ2n) is 6.21. The monoisotopic (exact) mass is 420 g/mol. The van der Waals surface area contributed by atoms with Gasteiger partial charge in [0.05, 0.1) is 6.54 Å². The molecule has 0 aliphatic rings. The van der Waals surface area contributed by atoms with E-state index in [4.69, 9.17) is 15.9 Å². The molecule has 11 nitrogen and oxygen atoms in total. The minimum absolute atomic E-state index is 0.138. The Bertz CT molecular complexity index is 587. The summed E-state index contributed by atoms with van der Waals surface area (Å²) >= 11 is 4.00. The number of aliphatic carboxylic acids is 2. The number of hydrogen-bond acceptors (Lipinski definition) is 7. The Hall–Kier alpha value is -2.34. The molecule has 0 aromatic heterocycles. The molecular formula is C16H28N4O7S. The molecule has 0 spiro atoms. The lowest BCUT2D eigenvalue weighted by Crippen LogP contribution is -2.58. The average molecular weight is 420 g/mol. The Morgan fingerprint density at radius 3 is 2.00 bits per heavy atom. The molecule has 0 heterocycles. The van der Waals surface area contributed by atoms with Crippen LogP contribution < -0.4 is 21.7 Å². The molecule has 0 saturated carbocycles. The maximum Gasteiger partial charge on any atom is 0.326 e. The number of nitrogens with two attached hydrogens (primary N) is 1. The summed E-state index contributed by atoms with van der Waals surface area (Å²) in [5, 5.41) is 24.9. The van der Waals surface area contributed by atoms with Crippen LogP contribution in [0.3, 0.4) is 0 Å². The lowest BCUT2D eigenvalue weighted by atomic mass is 9.98. The highest BCUT2D eigenvalue weighted by molar-refractivity contribution is 7.80. The fourth-order valence-corrected chi connectivity index (χ4v) is 2.44. The van der Waals surface area contributed by atoms with Crippen molar-refractivity contribution in [3.63, 3.8) is 0 Å². The van der Waals surface area contributed by atoms with Gasteiger partial charge in [0, 0.05) is 12.2 Å². The van der Waals surface area contributed by atoms with Gasteiger partial charge in [-0.1, -0.05) is 20.3 Å². The third-order valence-electron chi connectivity index (χ3n) is 4.07. The molecule has 160 valence electrons. The molecule has 0 aliphatic heterocycles. The van der Waals surface area contributed by atoms with Gasteiger partial charge in [-0.25, -0.2) is 4.79 Å². The molecular weight excluding hydrogens is 392 g/mol. The van der Waals surface area contributed by atoms with E-state index in [1.165, 1.54) is 0 Å². The first-order valence-electron chi connectivity index (χ1n) is 8.72. The summed E-state index contributed by atoms with van der Waals surface area (Å²) < 4.78 is 0. The summed E-state index contributed by atoms with van der Waals surface area (Å²) in [6, 6.07) is -3.53. The van der Waals surface area contributed by atoms with E-state index in [0.29, 0.717) is 6.42 Å². The predicted octanol–water partition coefficient (Wildman–Crippen LogP) is -1.68. The fourth-order valence-electron chi connectivity index (χ4n) is 2.19. The van der Waals surface area contributed by atoms with Crippen LogP contribution in [0.25, 0.3) is 0 Å². The highest BCUT2D eigenvalue weighted by atomic mass is 32.1. The summed E-state index contributed by atoms with van der Waals surface area (Å²) in [5.41, 5.74) is 5.25. The first kappa shape index (κ1) is 25.7. The van der Waals surface area contributed by atoms with Crippen molar-refractivity contribution >= 4 is 42.3 Å². The molecule has 0 aliphatic carbocycles. The fraction of sp³-hybridized carbons (Fsp3) is 0.688. The predicted molar refractivity (Wildman–Crippen MR) is 103 cm³/mol. The third kappa shape index (κ3) is 9.04. The van der Waals surface area contributed by atoms with Crippen molar-refractivity contribution in [1.82, 2.24) is 16.0 Å². The van der Waals surface area contributed by atoms with Crippen LogP contribution in [0.15, 0.2) is 0 Å². The molecule has 0 aromatic carbocycles. The number of hydrogen-bond donors (Lipinski definition) is 7. The lowest BCUT2D eigenvalue weighted by Gasteiger charge is -2.26. The molecule has 0 fully saturated rings. The van der Waals surface area contributed by atoms with Gasteiger partial charge in [-0.15, -0.1) is 0 Å². The molecule has 3 amide bonds. The van der Waals surface area contributed by atoms with Gasteiger partial charge in [-0.2, -0.15) is 12.6 Å². The van der Waals surface area contributed by atoms with Crippen molar-refractivity contribution in [1.29, 1.82) is 0 Å². The molecule has 28 heavy (non-hydrogen) atoms. The van der Waals surface area contributed by atoms with Gasteiger partial charge in [0.15, 0.2) is 0 Å². The standard InChI is InChI=1S/C16H28N4O7S/c1-3-8(2)13(20-11(21)6-17)15(25)19-10(7-28)14(24)18-9(16(26)27)4-5-12(22)23/h8-10,13,28H,3-7,17H2,1-2H3,(H,18,24)(H,19,25)(H,20,21)(H,22,23)(H,26,27). The SMILES string of the molecule is CCC(C)C(NC(=O)CN)C(=O)NC(CS)C(=O)NC(CCC(=O)O)C(=O)O. The Morgan fingerprint density at radius 2 is 1.57 bits per heavy atom. The quantitative estimate of drug-likeness (QED) is 0.172. The van der Waals surface area contributed by atoms with Crippen molar-refractivity contribution in [2.75, 3.05) is 12.3 Å². The first-order chi connectivity index (χ1) is 13.1. The van der Waals surface area contributed by atoms with Gasteiger partial charge < -0.3 is 31.9 Å². The number of nitrogens with one attached hydrogen (secondary N) is 3. The normalized spacial score (nSPS) is 14.9. The van der Waals surface area contributed by atoms with Crippen LogP contribution in [0.5, 0.6) is 0 Å². The van der Waals surface area contributed by atoms with Gasteiger partial charge in [-0.05, 0) is 12.3 Å². The maximum absolute atomic E-state index is 12.5. The number of amides is 3. The van der Waals surface area contributed by atoms with E-state index < -0.39 is 54.2 Å². The smallest absolute Gasteiger partial charge is 0.326 e. The molecule has 7 N–H and O–H groups in total. The minimum atomic E-state index is -1.43. The second kappa shape index (κ2) is 12.9. The lowest BCUT2D eigenvalue weighted by molar-refractivity contribution is -0.143. The molecule has 0 saturated heterocycles. The number of carboxylic acid groups (broad SMARTS) is 2. The van der Waals surface area contributed by atoms with Gasteiger partial charge >= 0.3 is 11.9 Å². The molecule has 0 radical (unpaired) electrons. The van der Waals surface area contributed by atoms with E-state index in [9.17, 15) is 24.0 Å². The van der Waals surface area contributed by atoms with Crippen LogP contribution in [0, 0.1) is 5.92 Å². The Balaban J connectivity index is 5.12. The number of carbonyl (C=O) groups excluding carboxylic acids is 3. The summed E-state index contributed by atoms with van der Waals surface area (Å²) in [6.07, 6.45) is -0.195. The summed E-state index contributed by atoms with van der Waals surface area (Å²) in [7, 11) is 0. The van der Waals surface area contributed by atoms with E-state index in [2.05, 4.69) is 28.6 Å². The van der Waals surface area contributed by atoms with Crippen molar-refractivity contribution in [2.24, 2.45) is 11.7 Å². The van der Waals surface area contributed by atoms with E-state index in [-0.39, 0.29) is 24.6 Å². The second-order valence-corrected chi connectivity index (χ2v) is 6.58. The van der Waals surface area contributed by atoms with Crippen LogP contribution >= 0.6 is 12.6 Å². The largest absolute Gasteiger partial charge is 0.481 e. The van der Waals surface area contributed by atoms with E-state index >= 15 is 0 Å². The summed E-state index contributed by atoms with van der Waals surface area (Å²) in [4.78, 5) is 58.2. The highest BCUT2D eigenvalue weighted by Crippen LogP contribution is 2.09. The number of carboxylic acids is 2. The van der Waals surface area contributed by atoms with Crippen molar-refractivity contribution in [3.8, 4) is 0 Å². The molecule has 0 aromatic rings. The van der Waals surface area contributed by atoms with Gasteiger partial charge in [0.1, 0.15) is 18.1 Å². The van der Waals surface area contributed by atoms with Crippen molar-refractivity contribution in [2.45, 2.75) is 51.2 Å². The van der Waals surface area contributed by atoms with Crippen LogP contribution in [-0.4, -0.2) is 70.3 Å². The van der Waals surface area contributed by atoms with Crippen LogP contribution in [0.2, 0.25) is 0 Å². The van der Waals surface area contributed by atoms with Crippen LogP contribution in [-0.2, 0) is 24.0 Å². The zero-order valence-corrected chi connectivity index (χ0v) is 16.7. The van der Waals surface area contributed by atoms with Crippen LogP contribution in [0.4, 0.5) is 0 Å². The van der Waals surface area contributed by atoms with Crippen molar-refractivity contribution in [3.05, 3.63) is 0 Å². The Kier molecular flexibility index (Phi) is 11.9. The topological polar surface area (TPSA) is 188 Å². The van der Waals surface area contributed by atoms with Gasteiger partial charge in [0.25, 0.3) is 0 Å². The first-order valence-corrected chi connectivity index (χ1v) is 9.36. The number of carbonyl (C=O) groups is 5. The molecule has 12 heteroatoms. The Labute approximate surface area is 168 Å². The number of thiol groups is 1. The third-order valence-corrected chi connectivity index (χ3v) is 4.44. The maximum atomic E-state index is 12.5. The molecule has 0 bridgehead atoms. The highest BCUT2D eigenvalue weighted by Gasteiger charge is 2.30. The zero-order chi connectivity index (χ0) is 21.9.